The van der Waals surface area contributed by atoms with Crippen LogP contribution in [0.5, 0.6) is 0 Å². The van der Waals surface area contributed by atoms with Crippen LogP contribution in [0, 0.1) is 11.6 Å². The number of hydrogen-bond donors (Lipinski definition) is 2. The SMILES string of the molecule is CCn1cc(-c2cnc(N)c(-c3ccc(NC(=O)c4cn5c(c(-c6ccc(F)cc6)c4=O)C(=O)N4CCOC4C5)cc3F)c2)cn1. The van der Waals surface area contributed by atoms with Crippen molar-refractivity contribution < 1.29 is 23.1 Å². The average Bonchev–Trinajstić information content (AvgIpc) is 3.73. The van der Waals surface area contributed by atoms with Gasteiger partial charge in [-0.2, -0.15) is 5.10 Å². The van der Waals surface area contributed by atoms with E-state index in [1.54, 1.807) is 23.1 Å². The Morgan fingerprint density at radius 1 is 1.02 bits per heavy atom. The maximum absolute atomic E-state index is 15.5. The number of nitrogen functional groups attached to an aromatic ring is 1. The molecule has 3 N–H and O–H groups in total. The molecule has 1 unspecified atom stereocenters. The van der Waals surface area contributed by atoms with Gasteiger partial charge in [0.25, 0.3) is 11.8 Å². The van der Waals surface area contributed by atoms with Crippen LogP contribution < -0.4 is 16.5 Å². The summed E-state index contributed by atoms with van der Waals surface area (Å²) in [5.74, 6) is -2.31. The Morgan fingerprint density at radius 2 is 1.83 bits per heavy atom. The van der Waals surface area contributed by atoms with Crippen molar-refractivity contribution >= 4 is 23.3 Å². The number of nitrogens with two attached hydrogens (primary N) is 1. The van der Waals surface area contributed by atoms with E-state index in [0.717, 1.165) is 11.6 Å². The van der Waals surface area contributed by atoms with Gasteiger partial charge < -0.3 is 25.3 Å². The Hall–Kier alpha value is -5.69. The third-order valence-corrected chi connectivity index (χ3v) is 8.19. The Balaban J connectivity index is 1.23. The second kappa shape index (κ2) is 11.3. The number of carbonyl (C=O) groups excluding carboxylic acids is 2. The molecule has 0 radical (unpaired) electrons. The predicted octanol–water partition coefficient (Wildman–Crippen LogP) is 4.39. The van der Waals surface area contributed by atoms with E-state index in [1.165, 1.54) is 52.1 Å². The smallest absolute Gasteiger partial charge is 0.273 e. The van der Waals surface area contributed by atoms with Crippen LogP contribution in [0.1, 0.15) is 27.8 Å². The molecule has 1 atom stereocenters. The molecule has 1 saturated heterocycles. The third-order valence-electron chi connectivity index (χ3n) is 8.19. The maximum atomic E-state index is 15.5. The van der Waals surface area contributed by atoms with Gasteiger partial charge in [-0.1, -0.05) is 12.1 Å². The van der Waals surface area contributed by atoms with Crippen molar-refractivity contribution in [3.63, 3.8) is 0 Å². The molecule has 46 heavy (non-hydrogen) atoms. The number of pyridine rings is 2. The number of nitrogens with zero attached hydrogens (tertiary/aromatic N) is 5. The zero-order valence-corrected chi connectivity index (χ0v) is 24.5. The lowest BCUT2D eigenvalue weighted by atomic mass is 9.98. The molecule has 11 nitrogen and oxygen atoms in total. The lowest BCUT2D eigenvalue weighted by molar-refractivity contribution is 0.00909. The highest BCUT2D eigenvalue weighted by atomic mass is 19.1. The van der Waals surface area contributed by atoms with Crippen LogP contribution in [0.15, 0.2) is 78.1 Å². The minimum absolute atomic E-state index is 0.0307. The van der Waals surface area contributed by atoms with Gasteiger partial charge in [0.15, 0.2) is 6.23 Å². The predicted molar refractivity (Wildman–Crippen MR) is 166 cm³/mol. The molecule has 5 aromatic rings. The Morgan fingerprint density at radius 3 is 2.57 bits per heavy atom. The monoisotopic (exact) mass is 623 g/mol. The molecule has 2 amide bonds. The van der Waals surface area contributed by atoms with E-state index in [0.29, 0.717) is 30.8 Å². The van der Waals surface area contributed by atoms with E-state index < -0.39 is 35.1 Å². The minimum atomic E-state index is -0.811. The van der Waals surface area contributed by atoms with Crippen LogP contribution in [-0.2, 0) is 17.8 Å². The molecule has 2 aliphatic heterocycles. The highest BCUT2D eigenvalue weighted by Gasteiger charge is 2.39. The molecule has 13 heteroatoms. The first kappa shape index (κ1) is 29.0. The number of halogens is 2. The zero-order valence-electron chi connectivity index (χ0n) is 24.5. The second-order valence-electron chi connectivity index (χ2n) is 11.0. The highest BCUT2D eigenvalue weighted by Crippen LogP contribution is 2.33. The number of rotatable bonds is 6. The van der Waals surface area contributed by atoms with E-state index in [9.17, 15) is 18.8 Å². The number of hydrogen-bond acceptors (Lipinski definition) is 7. The van der Waals surface area contributed by atoms with E-state index in [4.69, 9.17) is 10.5 Å². The van der Waals surface area contributed by atoms with Crippen LogP contribution >= 0.6 is 0 Å². The highest BCUT2D eigenvalue weighted by molar-refractivity contribution is 6.07. The third kappa shape index (κ3) is 5.00. The van der Waals surface area contributed by atoms with Gasteiger partial charge in [-0.15, -0.1) is 0 Å². The summed E-state index contributed by atoms with van der Waals surface area (Å²) >= 11 is 0. The molecule has 3 aromatic heterocycles. The van der Waals surface area contributed by atoms with Crippen molar-refractivity contribution in [3.05, 3.63) is 106 Å². The Bertz CT molecular complexity index is 2090. The molecule has 232 valence electrons. The normalized spacial score (nSPS) is 15.5. The Kier molecular flexibility index (Phi) is 7.16. The van der Waals surface area contributed by atoms with Gasteiger partial charge >= 0.3 is 0 Å². The number of anilines is 2. The number of benzene rings is 2. The number of fused-ring (bicyclic) bond motifs is 2. The van der Waals surface area contributed by atoms with Crippen LogP contribution in [0.3, 0.4) is 0 Å². The van der Waals surface area contributed by atoms with Crippen molar-refractivity contribution in [3.8, 4) is 33.4 Å². The van der Waals surface area contributed by atoms with Gasteiger partial charge in [-0.25, -0.2) is 13.8 Å². The van der Waals surface area contributed by atoms with Gasteiger partial charge in [-0.05, 0) is 48.9 Å². The zero-order chi connectivity index (χ0) is 32.1. The molecule has 1 fully saturated rings. The van der Waals surface area contributed by atoms with Crippen LogP contribution in [0.25, 0.3) is 33.4 Å². The van der Waals surface area contributed by atoms with Crippen LogP contribution in [0.4, 0.5) is 20.3 Å². The van der Waals surface area contributed by atoms with Gasteiger partial charge in [0, 0.05) is 59.6 Å². The molecule has 5 heterocycles. The summed E-state index contributed by atoms with van der Waals surface area (Å²) in [7, 11) is 0. The number of ether oxygens (including phenoxy) is 1. The maximum Gasteiger partial charge on any atom is 0.273 e. The number of aromatic nitrogens is 4. The fourth-order valence-electron chi connectivity index (χ4n) is 5.84. The van der Waals surface area contributed by atoms with E-state index in [1.807, 2.05) is 13.1 Å². The summed E-state index contributed by atoms with van der Waals surface area (Å²) in [4.78, 5) is 46.6. The van der Waals surface area contributed by atoms with E-state index in [2.05, 4.69) is 15.4 Å². The number of aryl methyl sites for hydroxylation is 1. The molecule has 0 bridgehead atoms. The molecule has 0 saturated carbocycles. The van der Waals surface area contributed by atoms with Crippen molar-refractivity contribution in [1.82, 2.24) is 24.2 Å². The van der Waals surface area contributed by atoms with Gasteiger partial charge in [0.2, 0.25) is 5.43 Å². The molecular formula is C33H27F2N7O4. The summed E-state index contributed by atoms with van der Waals surface area (Å²) < 4.78 is 38.3. The lowest BCUT2D eigenvalue weighted by Crippen LogP contribution is -2.46. The summed E-state index contributed by atoms with van der Waals surface area (Å²) in [6, 6.07) is 10.9. The van der Waals surface area contributed by atoms with Crippen molar-refractivity contribution in [2.45, 2.75) is 26.2 Å². The standard InChI is InChI=1S/C33H27F2N7O4/c1-2-41-15-20(14-38-41)19-11-24(31(36)37-13-19)23-8-7-22(12-26(23)35)39-32(44)25-16-40-17-27-42(9-10-46-27)33(45)29(40)28(30(25)43)18-3-5-21(34)6-4-18/h3-8,11-16,27H,2,9-10,17H2,1H3,(H2,36,37)(H,39,44). The molecule has 7 rings (SSSR count). The summed E-state index contributed by atoms with van der Waals surface area (Å²) in [5, 5.41) is 6.87. The number of nitrogens with one attached hydrogen (secondary N) is 1. The minimum Gasteiger partial charge on any atom is -0.383 e. The largest absolute Gasteiger partial charge is 0.383 e. The Labute approximate surface area is 260 Å². The summed E-state index contributed by atoms with van der Waals surface area (Å²) in [6.07, 6.45) is 5.88. The van der Waals surface area contributed by atoms with E-state index in [-0.39, 0.29) is 46.0 Å². The first-order valence-corrected chi connectivity index (χ1v) is 14.6. The number of amides is 2. The van der Waals surface area contributed by atoms with Gasteiger partial charge in [0.05, 0.1) is 24.9 Å². The van der Waals surface area contributed by atoms with Gasteiger partial charge in [-0.3, -0.25) is 19.1 Å². The summed E-state index contributed by atoms with van der Waals surface area (Å²) in [6.45, 7) is 3.54. The molecule has 2 aromatic carbocycles. The first-order valence-electron chi connectivity index (χ1n) is 14.6. The second-order valence-corrected chi connectivity index (χ2v) is 11.0. The van der Waals surface area contributed by atoms with Crippen molar-refractivity contribution in [2.75, 3.05) is 24.2 Å². The van der Waals surface area contributed by atoms with Crippen molar-refractivity contribution in [1.29, 1.82) is 0 Å². The molecule has 0 aliphatic carbocycles. The molecule has 0 spiro atoms. The topological polar surface area (TPSA) is 137 Å². The molecular weight excluding hydrogens is 596 g/mol. The quantitative estimate of drug-likeness (QED) is 0.286. The fourth-order valence-corrected chi connectivity index (χ4v) is 5.84. The fraction of sp³-hybridized carbons (Fsp3) is 0.182. The number of carbonyl (C=O) groups is 2. The van der Waals surface area contributed by atoms with Crippen LogP contribution in [0.2, 0.25) is 0 Å². The van der Waals surface area contributed by atoms with Crippen molar-refractivity contribution in [2.24, 2.45) is 0 Å². The van der Waals surface area contributed by atoms with Crippen LogP contribution in [-0.4, -0.2) is 55.4 Å². The molecule has 2 aliphatic rings. The summed E-state index contributed by atoms with van der Waals surface area (Å²) in [5.41, 5.74) is 7.57. The van der Waals surface area contributed by atoms with E-state index >= 15 is 4.39 Å². The van der Waals surface area contributed by atoms with Gasteiger partial charge in [0.1, 0.15) is 28.7 Å². The first-order chi connectivity index (χ1) is 22.2. The average molecular weight is 624 g/mol. The lowest BCUT2D eigenvalue weighted by Gasteiger charge is -2.32.